The van der Waals surface area contributed by atoms with Crippen molar-refractivity contribution in [1.82, 2.24) is 0 Å². The molecule has 1 rings (SSSR count). The van der Waals surface area contributed by atoms with Crippen LogP contribution in [-0.4, -0.2) is 12.6 Å². The topological polar surface area (TPSA) is 35.2 Å². The summed E-state index contributed by atoms with van der Waals surface area (Å²) in [6.07, 6.45) is 0.887. The van der Waals surface area contributed by atoms with Crippen molar-refractivity contribution in [3.8, 4) is 0 Å². The second-order valence-corrected chi connectivity index (χ2v) is 4.86. The van der Waals surface area contributed by atoms with E-state index >= 15 is 0 Å². The summed E-state index contributed by atoms with van der Waals surface area (Å²) < 4.78 is 19.0. The zero-order valence-electron chi connectivity index (χ0n) is 10.8. The van der Waals surface area contributed by atoms with Crippen molar-refractivity contribution in [2.45, 2.75) is 39.4 Å². The SMILES string of the molecule is CC(C)CC(C)OC(CN)c1cccc(F)c1. The molecule has 0 fully saturated rings. The zero-order chi connectivity index (χ0) is 12.8. The number of rotatable bonds is 6. The Kier molecular flexibility index (Phi) is 5.59. The van der Waals surface area contributed by atoms with Crippen LogP contribution in [0.3, 0.4) is 0 Å². The third-order valence-corrected chi connectivity index (χ3v) is 2.63. The maximum absolute atomic E-state index is 13.1. The fourth-order valence-corrected chi connectivity index (χ4v) is 1.98. The van der Waals surface area contributed by atoms with Crippen LogP contribution in [0.5, 0.6) is 0 Å². The summed E-state index contributed by atoms with van der Waals surface area (Å²) in [6.45, 7) is 6.70. The number of halogens is 1. The number of benzene rings is 1. The average molecular weight is 239 g/mol. The molecule has 96 valence electrons. The molecule has 1 aromatic carbocycles. The van der Waals surface area contributed by atoms with E-state index in [0.717, 1.165) is 12.0 Å². The van der Waals surface area contributed by atoms with Gasteiger partial charge >= 0.3 is 0 Å². The molecule has 2 unspecified atom stereocenters. The highest BCUT2D eigenvalue weighted by Crippen LogP contribution is 2.21. The fraction of sp³-hybridized carbons (Fsp3) is 0.571. The van der Waals surface area contributed by atoms with E-state index in [0.29, 0.717) is 12.5 Å². The van der Waals surface area contributed by atoms with Gasteiger partial charge in [0.15, 0.2) is 0 Å². The van der Waals surface area contributed by atoms with Crippen LogP contribution in [0.25, 0.3) is 0 Å². The maximum Gasteiger partial charge on any atom is 0.123 e. The Bertz CT molecular complexity index is 341. The summed E-state index contributed by atoms with van der Waals surface area (Å²) in [5, 5.41) is 0. The van der Waals surface area contributed by atoms with E-state index in [9.17, 15) is 4.39 Å². The van der Waals surface area contributed by atoms with Crippen molar-refractivity contribution in [3.63, 3.8) is 0 Å². The Morgan fingerprint density at radius 1 is 1.29 bits per heavy atom. The van der Waals surface area contributed by atoms with Crippen molar-refractivity contribution >= 4 is 0 Å². The zero-order valence-corrected chi connectivity index (χ0v) is 10.8. The number of ether oxygens (including phenoxy) is 1. The lowest BCUT2D eigenvalue weighted by Crippen LogP contribution is -2.22. The molecule has 0 aliphatic heterocycles. The highest BCUT2D eigenvalue weighted by atomic mass is 19.1. The molecule has 0 aliphatic carbocycles. The lowest BCUT2D eigenvalue weighted by molar-refractivity contribution is -0.00853. The summed E-state index contributed by atoms with van der Waals surface area (Å²) in [5.41, 5.74) is 6.49. The summed E-state index contributed by atoms with van der Waals surface area (Å²) in [5.74, 6) is 0.331. The van der Waals surface area contributed by atoms with Crippen LogP contribution in [0, 0.1) is 11.7 Å². The van der Waals surface area contributed by atoms with Gasteiger partial charge in [0.2, 0.25) is 0 Å². The second kappa shape index (κ2) is 6.72. The summed E-state index contributed by atoms with van der Waals surface area (Å²) in [4.78, 5) is 0. The smallest absolute Gasteiger partial charge is 0.123 e. The quantitative estimate of drug-likeness (QED) is 0.826. The molecule has 0 heterocycles. The van der Waals surface area contributed by atoms with E-state index in [1.54, 1.807) is 6.07 Å². The Hall–Kier alpha value is -0.930. The Morgan fingerprint density at radius 2 is 2.00 bits per heavy atom. The molecule has 0 saturated carbocycles. The van der Waals surface area contributed by atoms with Crippen molar-refractivity contribution in [2.24, 2.45) is 11.7 Å². The fourth-order valence-electron chi connectivity index (χ4n) is 1.98. The lowest BCUT2D eigenvalue weighted by atomic mass is 10.1. The van der Waals surface area contributed by atoms with Crippen LogP contribution in [0.1, 0.15) is 38.9 Å². The van der Waals surface area contributed by atoms with Gasteiger partial charge in [-0.1, -0.05) is 26.0 Å². The Balaban J connectivity index is 2.65. The maximum atomic E-state index is 13.1. The molecule has 2 nitrogen and oxygen atoms in total. The minimum absolute atomic E-state index is 0.131. The third kappa shape index (κ3) is 4.84. The van der Waals surface area contributed by atoms with Crippen LogP contribution in [-0.2, 0) is 4.74 Å². The highest BCUT2D eigenvalue weighted by molar-refractivity contribution is 5.19. The first kappa shape index (κ1) is 14.1. The largest absolute Gasteiger partial charge is 0.369 e. The van der Waals surface area contributed by atoms with Crippen LogP contribution < -0.4 is 5.73 Å². The van der Waals surface area contributed by atoms with Gasteiger partial charge in [0.1, 0.15) is 5.82 Å². The number of nitrogens with two attached hydrogens (primary N) is 1. The lowest BCUT2D eigenvalue weighted by Gasteiger charge is -2.23. The standard InChI is InChI=1S/C14H22FNO/c1-10(2)7-11(3)17-14(9-16)12-5-4-6-13(15)8-12/h4-6,8,10-11,14H,7,9,16H2,1-3H3. The molecular weight excluding hydrogens is 217 g/mol. The third-order valence-electron chi connectivity index (χ3n) is 2.63. The van der Waals surface area contributed by atoms with E-state index in [2.05, 4.69) is 13.8 Å². The van der Waals surface area contributed by atoms with Crippen LogP contribution in [0.15, 0.2) is 24.3 Å². The molecular formula is C14H22FNO. The normalized spacial score (nSPS) is 14.9. The molecule has 17 heavy (non-hydrogen) atoms. The van der Waals surface area contributed by atoms with Crippen LogP contribution in [0.4, 0.5) is 4.39 Å². The average Bonchev–Trinajstić information content (AvgIpc) is 2.24. The van der Waals surface area contributed by atoms with Gasteiger partial charge in [-0.25, -0.2) is 4.39 Å². The van der Waals surface area contributed by atoms with Gasteiger partial charge in [0, 0.05) is 6.54 Å². The van der Waals surface area contributed by atoms with Gasteiger partial charge in [-0.05, 0) is 37.0 Å². The van der Waals surface area contributed by atoms with Crippen molar-refractivity contribution in [3.05, 3.63) is 35.6 Å². The number of hydrogen-bond donors (Lipinski definition) is 1. The summed E-state index contributed by atoms with van der Waals surface area (Å²) >= 11 is 0. The summed E-state index contributed by atoms with van der Waals surface area (Å²) in [7, 11) is 0. The minimum atomic E-state index is -0.249. The molecule has 3 heteroatoms. The van der Waals surface area contributed by atoms with Gasteiger partial charge in [0.05, 0.1) is 12.2 Å². The molecule has 2 N–H and O–H groups in total. The van der Waals surface area contributed by atoms with Crippen molar-refractivity contribution < 1.29 is 9.13 Å². The molecule has 1 aromatic rings. The van der Waals surface area contributed by atoms with E-state index in [4.69, 9.17) is 10.5 Å². The molecule has 0 bridgehead atoms. The van der Waals surface area contributed by atoms with Gasteiger partial charge in [-0.15, -0.1) is 0 Å². The molecule has 0 radical (unpaired) electrons. The van der Waals surface area contributed by atoms with E-state index in [1.165, 1.54) is 12.1 Å². The Labute approximate surface area is 103 Å². The van der Waals surface area contributed by atoms with E-state index in [-0.39, 0.29) is 18.0 Å². The van der Waals surface area contributed by atoms with E-state index < -0.39 is 0 Å². The molecule has 0 amide bonds. The van der Waals surface area contributed by atoms with Gasteiger partial charge in [-0.3, -0.25) is 0 Å². The van der Waals surface area contributed by atoms with Gasteiger partial charge in [-0.2, -0.15) is 0 Å². The molecule has 0 spiro atoms. The minimum Gasteiger partial charge on any atom is -0.369 e. The first-order valence-electron chi connectivity index (χ1n) is 6.14. The second-order valence-electron chi connectivity index (χ2n) is 4.86. The first-order valence-corrected chi connectivity index (χ1v) is 6.14. The van der Waals surface area contributed by atoms with Gasteiger partial charge in [0.25, 0.3) is 0 Å². The number of hydrogen-bond acceptors (Lipinski definition) is 2. The first-order chi connectivity index (χ1) is 8.02. The Morgan fingerprint density at radius 3 is 2.53 bits per heavy atom. The molecule has 0 aliphatic rings. The molecule has 0 aromatic heterocycles. The van der Waals surface area contributed by atoms with Crippen molar-refractivity contribution in [2.75, 3.05) is 6.54 Å². The van der Waals surface area contributed by atoms with Crippen LogP contribution in [0.2, 0.25) is 0 Å². The molecule has 0 saturated heterocycles. The molecule has 2 atom stereocenters. The monoisotopic (exact) mass is 239 g/mol. The van der Waals surface area contributed by atoms with Gasteiger partial charge < -0.3 is 10.5 Å². The van der Waals surface area contributed by atoms with Crippen LogP contribution >= 0.6 is 0 Å². The van der Waals surface area contributed by atoms with E-state index in [1.807, 2.05) is 13.0 Å². The van der Waals surface area contributed by atoms with Crippen molar-refractivity contribution in [1.29, 1.82) is 0 Å². The predicted octanol–water partition coefficient (Wildman–Crippen LogP) is 3.28. The predicted molar refractivity (Wildman–Crippen MR) is 68.2 cm³/mol. The highest BCUT2D eigenvalue weighted by Gasteiger charge is 2.15. The summed E-state index contributed by atoms with van der Waals surface area (Å²) in [6, 6.07) is 6.45.